The van der Waals surface area contributed by atoms with Crippen LogP contribution >= 0.6 is 11.6 Å². The van der Waals surface area contributed by atoms with Gasteiger partial charge in [0, 0.05) is 6.07 Å². The van der Waals surface area contributed by atoms with Crippen molar-refractivity contribution in [2.45, 2.75) is 12.2 Å². The van der Waals surface area contributed by atoms with Gasteiger partial charge in [0.05, 0.1) is 24.4 Å². The van der Waals surface area contributed by atoms with Gasteiger partial charge in [0.1, 0.15) is 11.0 Å². The molecule has 0 aliphatic heterocycles. The highest BCUT2D eigenvalue weighted by atomic mass is 35.5. The number of aliphatic hydroxyl groups excluding tert-OH is 1. The first-order valence-corrected chi connectivity index (χ1v) is 6.79. The van der Waals surface area contributed by atoms with E-state index in [2.05, 4.69) is 4.72 Å². The highest BCUT2D eigenvalue weighted by Gasteiger charge is 2.19. The van der Waals surface area contributed by atoms with Gasteiger partial charge in [-0.05, 0) is 19.1 Å². The summed E-state index contributed by atoms with van der Waals surface area (Å²) >= 11 is 5.82. The summed E-state index contributed by atoms with van der Waals surface area (Å²) in [5, 5.41) is 8.34. The van der Waals surface area contributed by atoms with Crippen molar-refractivity contribution in [3.05, 3.63) is 23.2 Å². The Morgan fingerprint density at radius 2 is 2.18 bits per heavy atom. The van der Waals surface area contributed by atoms with Gasteiger partial charge < -0.3 is 9.84 Å². The SMILES string of the molecule is COc1cc(NS(=O)(=O)C(C)CO)ccc1Cl. The molecule has 0 bridgehead atoms. The molecular formula is C10H14ClNO4S. The number of ether oxygens (including phenoxy) is 1. The Morgan fingerprint density at radius 1 is 1.53 bits per heavy atom. The van der Waals surface area contributed by atoms with Crippen LogP contribution in [0.25, 0.3) is 0 Å². The lowest BCUT2D eigenvalue weighted by molar-refractivity contribution is 0.296. The van der Waals surface area contributed by atoms with Gasteiger partial charge in [0.2, 0.25) is 10.0 Å². The van der Waals surface area contributed by atoms with E-state index < -0.39 is 21.9 Å². The minimum atomic E-state index is -3.60. The summed E-state index contributed by atoms with van der Waals surface area (Å²) in [5.41, 5.74) is 0.339. The molecule has 17 heavy (non-hydrogen) atoms. The topological polar surface area (TPSA) is 75.6 Å². The lowest BCUT2D eigenvalue weighted by Crippen LogP contribution is -2.28. The van der Waals surface area contributed by atoms with Crippen LogP contribution in [0.1, 0.15) is 6.92 Å². The molecular weight excluding hydrogens is 266 g/mol. The van der Waals surface area contributed by atoms with Crippen LogP contribution in [0.2, 0.25) is 5.02 Å². The van der Waals surface area contributed by atoms with Crippen molar-refractivity contribution in [3.8, 4) is 5.75 Å². The van der Waals surface area contributed by atoms with Crippen LogP contribution in [0.15, 0.2) is 18.2 Å². The maximum absolute atomic E-state index is 11.7. The number of halogens is 1. The molecule has 0 aromatic heterocycles. The summed E-state index contributed by atoms with van der Waals surface area (Å²) in [6.45, 7) is 0.968. The summed E-state index contributed by atoms with van der Waals surface area (Å²) in [6, 6.07) is 4.53. The average Bonchev–Trinajstić information content (AvgIpc) is 2.30. The summed E-state index contributed by atoms with van der Waals surface area (Å²) < 4.78 is 30.7. The third-order valence-electron chi connectivity index (χ3n) is 2.20. The van der Waals surface area contributed by atoms with E-state index in [9.17, 15) is 8.42 Å². The predicted molar refractivity (Wildman–Crippen MR) is 67.1 cm³/mol. The molecule has 1 aromatic rings. The first-order chi connectivity index (χ1) is 7.90. The number of methoxy groups -OCH3 is 1. The second-order valence-electron chi connectivity index (χ2n) is 3.49. The zero-order valence-electron chi connectivity index (χ0n) is 9.47. The lowest BCUT2D eigenvalue weighted by atomic mass is 10.3. The molecule has 0 amide bonds. The van der Waals surface area contributed by atoms with E-state index in [-0.39, 0.29) is 0 Å². The number of hydrogen-bond acceptors (Lipinski definition) is 4. The van der Waals surface area contributed by atoms with Gasteiger partial charge in [0.15, 0.2) is 0 Å². The van der Waals surface area contributed by atoms with Gasteiger partial charge in [-0.1, -0.05) is 11.6 Å². The second kappa shape index (κ2) is 5.57. The molecule has 0 aliphatic carbocycles. The maximum atomic E-state index is 11.7. The van der Waals surface area contributed by atoms with Crippen molar-refractivity contribution in [3.63, 3.8) is 0 Å². The maximum Gasteiger partial charge on any atom is 0.237 e. The average molecular weight is 280 g/mol. The molecule has 0 fully saturated rings. The van der Waals surface area contributed by atoms with Crippen molar-refractivity contribution in [2.24, 2.45) is 0 Å². The summed E-state index contributed by atoms with van der Waals surface area (Å²) in [7, 11) is -2.16. The first-order valence-electron chi connectivity index (χ1n) is 4.86. The molecule has 1 atom stereocenters. The van der Waals surface area contributed by atoms with E-state index in [1.165, 1.54) is 32.2 Å². The molecule has 1 unspecified atom stereocenters. The molecule has 0 aliphatic rings. The number of nitrogens with one attached hydrogen (secondary N) is 1. The van der Waals surface area contributed by atoms with Crippen molar-refractivity contribution in [1.82, 2.24) is 0 Å². The van der Waals surface area contributed by atoms with Crippen LogP contribution in [0, 0.1) is 0 Å². The van der Waals surface area contributed by atoms with Gasteiger partial charge in [-0.3, -0.25) is 4.72 Å². The Kier molecular flexibility index (Phi) is 4.62. The molecule has 0 heterocycles. The van der Waals surface area contributed by atoms with E-state index in [0.29, 0.717) is 16.5 Å². The number of benzene rings is 1. The zero-order chi connectivity index (χ0) is 13.1. The highest BCUT2D eigenvalue weighted by Crippen LogP contribution is 2.28. The minimum absolute atomic E-state index is 0.339. The molecule has 0 radical (unpaired) electrons. The molecule has 0 saturated heterocycles. The van der Waals surface area contributed by atoms with Gasteiger partial charge in [0.25, 0.3) is 0 Å². The fraction of sp³-hybridized carbons (Fsp3) is 0.400. The Balaban J connectivity index is 2.96. The number of rotatable bonds is 5. The third kappa shape index (κ3) is 3.49. The largest absolute Gasteiger partial charge is 0.495 e. The van der Waals surface area contributed by atoms with E-state index >= 15 is 0 Å². The first kappa shape index (κ1) is 14.1. The minimum Gasteiger partial charge on any atom is -0.495 e. The fourth-order valence-electron chi connectivity index (χ4n) is 1.09. The third-order valence-corrected chi connectivity index (χ3v) is 4.24. The van der Waals surface area contributed by atoms with E-state index in [0.717, 1.165) is 0 Å². The van der Waals surface area contributed by atoms with Crippen LogP contribution in [0.3, 0.4) is 0 Å². The number of hydrogen-bond donors (Lipinski definition) is 2. The molecule has 1 aromatic carbocycles. The molecule has 96 valence electrons. The Hall–Kier alpha value is -0.980. The molecule has 1 rings (SSSR count). The smallest absolute Gasteiger partial charge is 0.237 e. The Bertz CT molecular complexity index is 489. The normalized spacial score (nSPS) is 13.2. The summed E-state index contributed by atoms with van der Waals surface area (Å²) in [6.07, 6.45) is 0. The van der Waals surface area contributed by atoms with Gasteiger partial charge in [-0.25, -0.2) is 8.42 Å². The molecule has 5 nitrogen and oxygen atoms in total. The summed E-state index contributed by atoms with van der Waals surface area (Å²) in [4.78, 5) is 0. The number of aliphatic hydroxyl groups is 1. The van der Waals surface area contributed by atoms with Crippen LogP contribution in [0.5, 0.6) is 5.75 Å². The quantitative estimate of drug-likeness (QED) is 0.856. The highest BCUT2D eigenvalue weighted by molar-refractivity contribution is 7.93. The number of sulfonamides is 1. The van der Waals surface area contributed by atoms with Crippen molar-refractivity contribution in [2.75, 3.05) is 18.4 Å². The van der Waals surface area contributed by atoms with Crippen LogP contribution in [0.4, 0.5) is 5.69 Å². The van der Waals surface area contributed by atoms with Gasteiger partial charge >= 0.3 is 0 Å². The Labute approximate surface area is 105 Å². The van der Waals surface area contributed by atoms with Gasteiger partial charge in [-0.15, -0.1) is 0 Å². The van der Waals surface area contributed by atoms with Crippen molar-refractivity contribution in [1.29, 1.82) is 0 Å². The fourth-order valence-corrected chi connectivity index (χ4v) is 2.13. The zero-order valence-corrected chi connectivity index (χ0v) is 11.0. The molecule has 0 saturated carbocycles. The van der Waals surface area contributed by atoms with Crippen molar-refractivity contribution >= 4 is 27.3 Å². The molecule has 2 N–H and O–H groups in total. The van der Waals surface area contributed by atoms with Gasteiger partial charge in [-0.2, -0.15) is 0 Å². The lowest BCUT2D eigenvalue weighted by Gasteiger charge is -2.13. The van der Waals surface area contributed by atoms with Crippen molar-refractivity contribution < 1.29 is 18.3 Å². The Morgan fingerprint density at radius 3 is 2.71 bits per heavy atom. The monoisotopic (exact) mass is 279 g/mol. The summed E-state index contributed by atoms with van der Waals surface area (Å²) in [5.74, 6) is 0.378. The standard InChI is InChI=1S/C10H14ClNO4S/c1-7(6-13)17(14,15)12-8-3-4-9(11)10(5-8)16-2/h3-5,7,12-13H,6H2,1-2H3. The predicted octanol–water partition coefficient (Wildman–Crippen LogP) is 1.47. The van der Waals surface area contributed by atoms with Crippen LogP contribution in [-0.2, 0) is 10.0 Å². The second-order valence-corrected chi connectivity index (χ2v) is 6.00. The number of anilines is 1. The van der Waals surface area contributed by atoms with E-state index in [1.54, 1.807) is 0 Å². The van der Waals surface area contributed by atoms with Crippen LogP contribution in [-0.4, -0.2) is 32.5 Å². The van der Waals surface area contributed by atoms with E-state index in [4.69, 9.17) is 21.4 Å². The molecule has 7 heteroatoms. The molecule has 0 spiro atoms. The van der Waals surface area contributed by atoms with E-state index in [1.807, 2.05) is 0 Å². The van der Waals surface area contributed by atoms with Crippen LogP contribution < -0.4 is 9.46 Å².